The van der Waals surface area contributed by atoms with Crippen LogP contribution in [0.25, 0.3) is 0 Å². The number of aromatic nitrogens is 2. The maximum Gasteiger partial charge on any atom is 0.328 e. The second-order valence-electron chi connectivity index (χ2n) is 5.41. The Balaban J connectivity index is 1.86. The highest BCUT2D eigenvalue weighted by atomic mass is 16.3. The highest BCUT2D eigenvalue weighted by Gasteiger charge is 2.24. The number of carbonyl (C=O) groups is 2. The Morgan fingerprint density at radius 1 is 1.25 bits per heavy atom. The molecule has 2 amide bonds. The van der Waals surface area contributed by atoms with Crippen LogP contribution in [0.15, 0.2) is 38.6 Å². The van der Waals surface area contributed by atoms with Gasteiger partial charge in [0.25, 0.3) is 11.5 Å². The molecule has 1 saturated heterocycles. The molecule has 0 unspecified atom stereocenters. The summed E-state index contributed by atoms with van der Waals surface area (Å²) < 4.78 is 6.07. The molecule has 0 radical (unpaired) electrons. The van der Waals surface area contributed by atoms with Gasteiger partial charge in [0.1, 0.15) is 11.3 Å². The van der Waals surface area contributed by atoms with Crippen LogP contribution in [0.4, 0.5) is 0 Å². The van der Waals surface area contributed by atoms with E-state index in [9.17, 15) is 19.2 Å². The smallest absolute Gasteiger partial charge is 0.328 e. The van der Waals surface area contributed by atoms with Crippen molar-refractivity contribution < 1.29 is 14.0 Å². The minimum atomic E-state index is -0.669. The van der Waals surface area contributed by atoms with Gasteiger partial charge in [0.05, 0.1) is 12.8 Å². The summed E-state index contributed by atoms with van der Waals surface area (Å²) in [7, 11) is 0. The van der Waals surface area contributed by atoms with Crippen molar-refractivity contribution in [3.63, 3.8) is 0 Å². The van der Waals surface area contributed by atoms with Crippen molar-refractivity contribution >= 4 is 12.3 Å². The van der Waals surface area contributed by atoms with E-state index in [4.69, 9.17) is 4.42 Å². The first-order valence-corrected chi connectivity index (χ1v) is 7.43. The molecule has 9 heteroatoms. The van der Waals surface area contributed by atoms with Crippen LogP contribution < -0.4 is 11.2 Å². The molecule has 1 aliphatic rings. The summed E-state index contributed by atoms with van der Waals surface area (Å²) in [5.41, 5.74) is -1.39. The van der Waals surface area contributed by atoms with Crippen LogP contribution in [-0.2, 0) is 11.3 Å². The zero-order chi connectivity index (χ0) is 17.1. The third-order valence-corrected chi connectivity index (χ3v) is 3.94. The summed E-state index contributed by atoms with van der Waals surface area (Å²) in [6.45, 7) is 1.46. The molecular weight excluding hydrogens is 316 g/mol. The van der Waals surface area contributed by atoms with Gasteiger partial charge < -0.3 is 19.2 Å². The lowest BCUT2D eigenvalue weighted by Crippen LogP contribution is -2.50. The van der Waals surface area contributed by atoms with E-state index in [0.29, 0.717) is 31.9 Å². The monoisotopic (exact) mass is 332 g/mol. The van der Waals surface area contributed by atoms with Crippen LogP contribution in [0.3, 0.4) is 0 Å². The fraction of sp³-hybridized carbons (Fsp3) is 0.333. The first kappa shape index (κ1) is 15.8. The lowest BCUT2D eigenvalue weighted by Gasteiger charge is -2.32. The quantitative estimate of drug-likeness (QED) is 0.729. The molecule has 126 valence electrons. The van der Waals surface area contributed by atoms with Gasteiger partial charge in [-0.3, -0.25) is 19.0 Å². The number of furan rings is 1. The number of aromatic amines is 1. The van der Waals surface area contributed by atoms with Gasteiger partial charge >= 0.3 is 5.69 Å². The topological polar surface area (TPSA) is 109 Å². The Morgan fingerprint density at radius 2 is 2.00 bits per heavy atom. The first-order chi connectivity index (χ1) is 11.6. The average molecular weight is 332 g/mol. The fourth-order valence-corrected chi connectivity index (χ4v) is 2.57. The van der Waals surface area contributed by atoms with Crippen LogP contribution in [0.1, 0.15) is 16.1 Å². The number of nitrogens with one attached hydrogen (secondary N) is 1. The normalized spacial score (nSPS) is 14.7. The van der Waals surface area contributed by atoms with E-state index in [0.717, 1.165) is 17.2 Å². The number of piperazine rings is 1. The van der Waals surface area contributed by atoms with E-state index < -0.39 is 17.2 Å². The molecule has 1 aliphatic heterocycles. The SMILES string of the molecule is O=CN1CCN(C(=O)c2c[nH]c(=O)n(Cc3ccco3)c2=O)CC1. The first-order valence-electron chi connectivity index (χ1n) is 7.43. The van der Waals surface area contributed by atoms with E-state index in [-0.39, 0.29) is 12.1 Å². The van der Waals surface area contributed by atoms with Crippen LogP contribution in [0.2, 0.25) is 0 Å². The Hall–Kier alpha value is -3.10. The minimum Gasteiger partial charge on any atom is -0.467 e. The third-order valence-electron chi connectivity index (χ3n) is 3.94. The number of nitrogens with zero attached hydrogens (tertiary/aromatic N) is 3. The van der Waals surface area contributed by atoms with Crippen molar-refractivity contribution in [2.24, 2.45) is 0 Å². The minimum absolute atomic E-state index is 0.0544. The maximum atomic E-state index is 12.5. The molecule has 1 N–H and O–H groups in total. The maximum absolute atomic E-state index is 12.5. The van der Waals surface area contributed by atoms with Crippen molar-refractivity contribution in [2.45, 2.75) is 6.54 Å². The summed E-state index contributed by atoms with van der Waals surface area (Å²) in [6.07, 6.45) is 3.31. The van der Waals surface area contributed by atoms with Gasteiger partial charge in [-0.25, -0.2) is 4.79 Å². The zero-order valence-electron chi connectivity index (χ0n) is 12.8. The fourth-order valence-electron chi connectivity index (χ4n) is 2.57. The predicted molar refractivity (Wildman–Crippen MR) is 82.7 cm³/mol. The van der Waals surface area contributed by atoms with Crippen LogP contribution in [0.5, 0.6) is 0 Å². The van der Waals surface area contributed by atoms with Gasteiger partial charge in [0.2, 0.25) is 6.41 Å². The van der Waals surface area contributed by atoms with E-state index in [2.05, 4.69) is 4.98 Å². The van der Waals surface area contributed by atoms with Gasteiger partial charge in [-0.2, -0.15) is 0 Å². The number of hydrogen-bond donors (Lipinski definition) is 1. The number of hydrogen-bond acceptors (Lipinski definition) is 5. The van der Waals surface area contributed by atoms with Gasteiger partial charge in [-0.05, 0) is 12.1 Å². The molecule has 3 heterocycles. The number of rotatable bonds is 4. The predicted octanol–water partition coefficient (Wildman–Crippen LogP) is -0.908. The molecule has 0 aromatic carbocycles. The van der Waals surface area contributed by atoms with E-state index in [1.54, 1.807) is 17.0 Å². The summed E-state index contributed by atoms with van der Waals surface area (Å²) in [5, 5.41) is 0. The molecule has 9 nitrogen and oxygen atoms in total. The Kier molecular flexibility index (Phi) is 4.32. The number of H-pyrrole nitrogens is 1. The highest BCUT2D eigenvalue weighted by molar-refractivity contribution is 5.93. The van der Waals surface area contributed by atoms with Crippen molar-refractivity contribution in [3.05, 3.63) is 56.8 Å². The zero-order valence-corrected chi connectivity index (χ0v) is 12.8. The standard InChI is InChI=1S/C15H16N4O5/c20-10-17-3-5-18(6-4-17)13(21)12-8-16-15(23)19(14(12)22)9-11-2-1-7-24-11/h1-2,7-8,10H,3-6,9H2,(H,16,23). The second kappa shape index (κ2) is 6.57. The van der Waals surface area contributed by atoms with Gasteiger partial charge in [0, 0.05) is 32.4 Å². The van der Waals surface area contributed by atoms with Crippen molar-refractivity contribution in [2.75, 3.05) is 26.2 Å². The molecule has 3 rings (SSSR count). The average Bonchev–Trinajstić information content (AvgIpc) is 3.11. The second-order valence-corrected chi connectivity index (χ2v) is 5.41. The van der Waals surface area contributed by atoms with Gasteiger partial charge in [-0.1, -0.05) is 0 Å². The van der Waals surface area contributed by atoms with Crippen LogP contribution in [-0.4, -0.2) is 57.8 Å². The van der Waals surface area contributed by atoms with Crippen molar-refractivity contribution in [3.8, 4) is 0 Å². The molecule has 2 aromatic rings. The molecule has 1 fully saturated rings. The van der Waals surface area contributed by atoms with Crippen LogP contribution >= 0.6 is 0 Å². The number of amides is 2. The molecule has 0 bridgehead atoms. The van der Waals surface area contributed by atoms with E-state index in [1.807, 2.05) is 0 Å². The molecule has 0 saturated carbocycles. The van der Waals surface area contributed by atoms with Crippen molar-refractivity contribution in [1.82, 2.24) is 19.4 Å². The summed E-state index contributed by atoms with van der Waals surface area (Å²) in [5.74, 6) is -0.0261. The van der Waals surface area contributed by atoms with Crippen molar-refractivity contribution in [1.29, 1.82) is 0 Å². The molecule has 0 atom stereocenters. The van der Waals surface area contributed by atoms with Gasteiger partial charge in [0.15, 0.2) is 0 Å². The molecular formula is C15H16N4O5. The van der Waals surface area contributed by atoms with E-state index >= 15 is 0 Å². The molecule has 2 aromatic heterocycles. The van der Waals surface area contributed by atoms with Crippen LogP contribution in [0, 0.1) is 0 Å². The Morgan fingerprint density at radius 3 is 2.62 bits per heavy atom. The summed E-state index contributed by atoms with van der Waals surface area (Å²) in [4.78, 5) is 53.1. The largest absolute Gasteiger partial charge is 0.467 e. The highest BCUT2D eigenvalue weighted by Crippen LogP contribution is 2.05. The molecule has 0 aliphatic carbocycles. The molecule has 24 heavy (non-hydrogen) atoms. The lowest BCUT2D eigenvalue weighted by molar-refractivity contribution is -0.119. The lowest BCUT2D eigenvalue weighted by atomic mass is 10.2. The summed E-state index contributed by atoms with van der Waals surface area (Å²) >= 11 is 0. The molecule has 0 spiro atoms. The van der Waals surface area contributed by atoms with Gasteiger partial charge in [-0.15, -0.1) is 0 Å². The summed E-state index contributed by atoms with van der Waals surface area (Å²) in [6, 6.07) is 3.29. The number of carbonyl (C=O) groups excluding carboxylic acids is 2. The Labute approximate surface area is 136 Å². The third kappa shape index (κ3) is 3.00. The van der Waals surface area contributed by atoms with E-state index in [1.165, 1.54) is 11.2 Å². The Bertz CT molecular complexity index is 843.